The van der Waals surface area contributed by atoms with Crippen molar-refractivity contribution in [3.8, 4) is 0 Å². The van der Waals surface area contributed by atoms with Gasteiger partial charge in [-0.15, -0.1) is 0 Å². The van der Waals surface area contributed by atoms with E-state index in [1.807, 2.05) is 32.9 Å². The molecule has 142 valence electrons. The molecule has 1 aromatic carbocycles. The van der Waals surface area contributed by atoms with E-state index in [2.05, 4.69) is 47.5 Å². The molecule has 2 aromatic heterocycles. The predicted molar refractivity (Wildman–Crippen MR) is 111 cm³/mol. The molecule has 0 saturated carbocycles. The average Bonchev–Trinajstić information content (AvgIpc) is 2.93. The zero-order valence-electron chi connectivity index (χ0n) is 16.7. The van der Waals surface area contributed by atoms with Crippen LogP contribution in [0.15, 0.2) is 34.1 Å². The highest BCUT2D eigenvalue weighted by molar-refractivity contribution is 5.53. The summed E-state index contributed by atoms with van der Waals surface area (Å²) < 4.78 is 1.45. The molecule has 0 amide bonds. The van der Waals surface area contributed by atoms with Gasteiger partial charge in [-0.2, -0.15) is 4.52 Å². The van der Waals surface area contributed by atoms with E-state index in [0.717, 1.165) is 24.5 Å². The number of hydrogen-bond donors (Lipinski definition) is 1. The molecule has 0 spiro atoms. The van der Waals surface area contributed by atoms with Crippen molar-refractivity contribution in [2.75, 3.05) is 18.0 Å². The number of H-pyrrole nitrogens is 1. The molecule has 6 nitrogen and oxygen atoms in total. The molecule has 0 bridgehead atoms. The molecule has 6 heteroatoms. The first kappa shape index (κ1) is 18.9. The summed E-state index contributed by atoms with van der Waals surface area (Å²) in [6.45, 7) is 16.1. The highest BCUT2D eigenvalue weighted by Crippen LogP contribution is 2.19. The highest BCUT2D eigenvalue weighted by Gasteiger charge is 2.15. The zero-order valence-corrected chi connectivity index (χ0v) is 16.7. The fourth-order valence-corrected chi connectivity index (χ4v) is 3.46. The van der Waals surface area contributed by atoms with Gasteiger partial charge in [-0.3, -0.25) is 9.89 Å². The van der Waals surface area contributed by atoms with Gasteiger partial charge in [0.25, 0.3) is 5.56 Å². The second-order valence-electron chi connectivity index (χ2n) is 6.97. The minimum atomic E-state index is -0.0873. The van der Waals surface area contributed by atoms with Gasteiger partial charge in [0, 0.05) is 30.0 Å². The molecule has 27 heavy (non-hydrogen) atoms. The van der Waals surface area contributed by atoms with Crippen LogP contribution in [0.2, 0.25) is 0 Å². The minimum absolute atomic E-state index is 0.0873. The number of anilines is 1. The van der Waals surface area contributed by atoms with Gasteiger partial charge in [0.15, 0.2) is 5.65 Å². The monoisotopic (exact) mass is 365 g/mol. The van der Waals surface area contributed by atoms with Crippen LogP contribution in [0.4, 0.5) is 11.4 Å². The summed E-state index contributed by atoms with van der Waals surface area (Å²) in [6.07, 6.45) is 0. The molecule has 0 saturated heterocycles. The Morgan fingerprint density at radius 2 is 1.85 bits per heavy atom. The van der Waals surface area contributed by atoms with Gasteiger partial charge in [0.1, 0.15) is 5.36 Å². The van der Waals surface area contributed by atoms with Crippen molar-refractivity contribution in [1.82, 2.24) is 14.6 Å². The number of aryl methyl sites for hydroxylation is 1. The first-order chi connectivity index (χ1) is 12.9. The summed E-state index contributed by atoms with van der Waals surface area (Å²) >= 11 is 0. The van der Waals surface area contributed by atoms with Crippen LogP contribution < -0.4 is 21.2 Å². The Morgan fingerprint density at radius 1 is 1.22 bits per heavy atom. The normalized spacial score (nSPS) is 12.3. The highest BCUT2D eigenvalue weighted by atomic mass is 16.1. The smallest absolute Gasteiger partial charge is 0.276 e. The van der Waals surface area contributed by atoms with Crippen molar-refractivity contribution in [3.05, 3.63) is 56.6 Å². The predicted octanol–water partition coefficient (Wildman–Crippen LogP) is 2.66. The van der Waals surface area contributed by atoms with Gasteiger partial charge < -0.3 is 4.90 Å². The Morgan fingerprint density at radius 3 is 2.41 bits per heavy atom. The number of rotatable bonds is 5. The Kier molecular flexibility index (Phi) is 5.17. The van der Waals surface area contributed by atoms with E-state index in [-0.39, 0.29) is 11.5 Å². The largest absolute Gasteiger partial charge is 0.372 e. The molecule has 0 aliphatic carbocycles. The molecule has 0 aliphatic rings. The third kappa shape index (κ3) is 3.39. The van der Waals surface area contributed by atoms with Crippen molar-refractivity contribution in [2.45, 2.75) is 40.5 Å². The molecule has 3 rings (SSSR count). The lowest BCUT2D eigenvalue weighted by Crippen LogP contribution is -2.24. The van der Waals surface area contributed by atoms with Crippen LogP contribution in [0.5, 0.6) is 0 Å². The third-order valence-corrected chi connectivity index (χ3v) is 4.85. The maximum Gasteiger partial charge on any atom is 0.276 e. The van der Waals surface area contributed by atoms with E-state index in [4.69, 9.17) is 4.99 Å². The maximum atomic E-state index is 12.8. The van der Waals surface area contributed by atoms with Crippen LogP contribution in [0, 0.1) is 6.92 Å². The quantitative estimate of drug-likeness (QED) is 0.756. The first-order valence-electron chi connectivity index (χ1n) is 9.41. The van der Waals surface area contributed by atoms with Crippen LogP contribution in [-0.2, 0) is 0 Å². The molecule has 0 aliphatic heterocycles. The van der Waals surface area contributed by atoms with Crippen LogP contribution in [0.25, 0.3) is 12.2 Å². The van der Waals surface area contributed by atoms with Crippen molar-refractivity contribution in [2.24, 2.45) is 4.99 Å². The topological polar surface area (TPSA) is 65.8 Å². The molecular weight excluding hydrogens is 338 g/mol. The van der Waals surface area contributed by atoms with Crippen LogP contribution in [0.3, 0.4) is 0 Å². The van der Waals surface area contributed by atoms with Crippen molar-refractivity contribution in [1.29, 1.82) is 0 Å². The molecule has 1 N–H and O–H groups in total. The van der Waals surface area contributed by atoms with Gasteiger partial charge in [-0.25, -0.2) is 9.98 Å². The summed E-state index contributed by atoms with van der Waals surface area (Å²) in [5.41, 5.74) is 3.85. The van der Waals surface area contributed by atoms with E-state index in [1.54, 1.807) is 0 Å². The van der Waals surface area contributed by atoms with Gasteiger partial charge in [-0.05, 0) is 51.0 Å². The lowest BCUT2D eigenvalue weighted by Gasteiger charge is -2.20. The number of fused-ring (bicyclic) bond motifs is 1. The summed E-state index contributed by atoms with van der Waals surface area (Å²) in [5, 5.41) is 4.19. The molecule has 0 radical (unpaired) electrons. The lowest BCUT2D eigenvalue weighted by molar-refractivity contribution is 0.777. The second kappa shape index (κ2) is 7.39. The van der Waals surface area contributed by atoms with Gasteiger partial charge >= 0.3 is 0 Å². The van der Waals surface area contributed by atoms with Gasteiger partial charge in [0.2, 0.25) is 0 Å². The number of aromatic nitrogens is 3. The molecule has 0 atom stereocenters. The standard InChI is InChI=1S/C21H27N5O/c1-7-25(8-2)17-11-9-16(10-12-17)23-19-15(6)24-26-20(19)22-14(5)18(13(3)4)21(26)27/h9-13,24H,6-8H2,1-5H3. The molecular formula is C21H27N5O. The Hall–Kier alpha value is -2.89. The molecule has 0 fully saturated rings. The fraction of sp³-hybridized carbons (Fsp3) is 0.381. The maximum absolute atomic E-state index is 12.8. The average molecular weight is 365 g/mol. The van der Waals surface area contributed by atoms with E-state index in [9.17, 15) is 4.79 Å². The minimum Gasteiger partial charge on any atom is -0.372 e. The zero-order chi connectivity index (χ0) is 19.7. The van der Waals surface area contributed by atoms with Gasteiger partial charge in [0.05, 0.1) is 11.0 Å². The number of nitrogens with zero attached hydrogens (tertiary/aromatic N) is 4. The summed E-state index contributed by atoms with van der Waals surface area (Å²) in [6, 6.07) is 8.07. The molecule has 3 aromatic rings. The first-order valence-corrected chi connectivity index (χ1v) is 9.41. The summed E-state index contributed by atoms with van der Waals surface area (Å²) in [7, 11) is 0. The van der Waals surface area contributed by atoms with Gasteiger partial charge in [-0.1, -0.05) is 20.4 Å². The van der Waals surface area contributed by atoms with Crippen LogP contribution in [-0.4, -0.2) is 27.7 Å². The Balaban J connectivity index is 2.16. The van der Waals surface area contributed by atoms with E-state index >= 15 is 0 Å². The number of hydrogen-bond acceptors (Lipinski definition) is 4. The molecule has 2 heterocycles. The summed E-state index contributed by atoms with van der Waals surface area (Å²) in [5.74, 6) is 0.103. The number of aromatic amines is 1. The van der Waals surface area contributed by atoms with Crippen LogP contribution >= 0.6 is 0 Å². The van der Waals surface area contributed by atoms with E-state index in [0.29, 0.717) is 21.9 Å². The van der Waals surface area contributed by atoms with E-state index < -0.39 is 0 Å². The Labute approximate surface area is 158 Å². The lowest BCUT2D eigenvalue weighted by atomic mass is 10.0. The van der Waals surface area contributed by atoms with Crippen molar-refractivity contribution < 1.29 is 0 Å². The van der Waals surface area contributed by atoms with E-state index in [1.165, 1.54) is 10.2 Å². The second-order valence-corrected chi connectivity index (χ2v) is 6.97. The fourth-order valence-electron chi connectivity index (χ4n) is 3.46. The van der Waals surface area contributed by atoms with Crippen molar-refractivity contribution >= 4 is 23.6 Å². The number of nitrogens with one attached hydrogen (secondary N) is 1. The molecule has 0 unspecified atom stereocenters. The third-order valence-electron chi connectivity index (χ3n) is 4.85. The van der Waals surface area contributed by atoms with Crippen molar-refractivity contribution in [3.63, 3.8) is 0 Å². The SMILES string of the molecule is C=c1[nH]n2c(=O)c(C(C)C)c(C)nc2c1=Nc1ccc(N(CC)CC)cc1. The van der Waals surface area contributed by atoms with Crippen LogP contribution in [0.1, 0.15) is 44.9 Å². The number of benzene rings is 1. The summed E-state index contributed by atoms with van der Waals surface area (Å²) in [4.78, 5) is 24.4. The Bertz CT molecular complexity index is 1120.